The third-order valence-electron chi connectivity index (χ3n) is 2.66. The number of ether oxygens (including phenoxy) is 3. The Morgan fingerprint density at radius 3 is 2.00 bits per heavy atom. The fourth-order valence-corrected chi connectivity index (χ4v) is 1.83. The maximum Gasteiger partial charge on any atom is 0.203 e. The minimum atomic E-state index is -0.122. The van der Waals surface area contributed by atoms with E-state index in [1.807, 2.05) is 32.9 Å². The van der Waals surface area contributed by atoms with Crippen LogP contribution in [0.15, 0.2) is 17.1 Å². The van der Waals surface area contributed by atoms with Crippen molar-refractivity contribution in [2.45, 2.75) is 32.9 Å². The number of aliphatic imine (C=N–C) groups is 1. The number of nitrogens with two attached hydrogens (primary N) is 1. The van der Waals surface area contributed by atoms with Gasteiger partial charge in [0.2, 0.25) is 5.75 Å². The van der Waals surface area contributed by atoms with E-state index in [0.717, 1.165) is 5.56 Å². The summed E-state index contributed by atoms with van der Waals surface area (Å²) in [5.41, 5.74) is 6.65. The van der Waals surface area contributed by atoms with E-state index in [4.69, 9.17) is 19.9 Å². The van der Waals surface area contributed by atoms with Crippen molar-refractivity contribution in [3.8, 4) is 17.2 Å². The van der Waals surface area contributed by atoms with Gasteiger partial charge in [0.05, 0.1) is 27.9 Å². The van der Waals surface area contributed by atoms with Crippen molar-refractivity contribution in [2.75, 3.05) is 21.3 Å². The lowest BCUT2D eigenvalue weighted by atomic mass is 10.1. The molecule has 0 saturated carbocycles. The molecule has 6 nitrogen and oxygen atoms in total. The normalized spacial score (nSPS) is 12.0. The number of nitrogens with zero attached hydrogens (tertiary/aromatic N) is 1. The minimum absolute atomic E-state index is 0.122. The first kappa shape index (κ1) is 16.9. The lowest BCUT2D eigenvalue weighted by Crippen LogP contribution is -2.44. The summed E-state index contributed by atoms with van der Waals surface area (Å²) in [6.45, 7) is 6.49. The van der Waals surface area contributed by atoms with E-state index < -0.39 is 0 Å². The first-order valence-electron chi connectivity index (χ1n) is 6.67. The van der Waals surface area contributed by atoms with Crippen LogP contribution in [0.4, 0.5) is 0 Å². The Morgan fingerprint density at radius 1 is 1.10 bits per heavy atom. The molecule has 118 valence electrons. The van der Waals surface area contributed by atoms with Gasteiger partial charge in [0.1, 0.15) is 0 Å². The number of guanidine groups is 1. The molecule has 0 unspecified atom stereocenters. The maximum absolute atomic E-state index is 5.86. The van der Waals surface area contributed by atoms with E-state index in [1.165, 1.54) is 0 Å². The Morgan fingerprint density at radius 2 is 1.62 bits per heavy atom. The summed E-state index contributed by atoms with van der Waals surface area (Å²) in [5, 5.41) is 3.11. The van der Waals surface area contributed by atoms with Gasteiger partial charge in [0.15, 0.2) is 17.5 Å². The van der Waals surface area contributed by atoms with E-state index in [9.17, 15) is 0 Å². The fraction of sp³-hybridized carbons (Fsp3) is 0.533. The molecule has 0 spiro atoms. The highest BCUT2D eigenvalue weighted by molar-refractivity contribution is 5.78. The van der Waals surface area contributed by atoms with Gasteiger partial charge in [0, 0.05) is 5.54 Å². The molecule has 3 N–H and O–H groups in total. The molecule has 0 aliphatic carbocycles. The summed E-state index contributed by atoms with van der Waals surface area (Å²) in [5.74, 6) is 2.17. The van der Waals surface area contributed by atoms with E-state index in [-0.39, 0.29) is 5.54 Å². The van der Waals surface area contributed by atoms with Crippen LogP contribution >= 0.6 is 0 Å². The smallest absolute Gasteiger partial charge is 0.203 e. The lowest BCUT2D eigenvalue weighted by molar-refractivity contribution is 0.324. The monoisotopic (exact) mass is 295 g/mol. The minimum Gasteiger partial charge on any atom is -0.493 e. The topological polar surface area (TPSA) is 78.1 Å². The molecular weight excluding hydrogens is 270 g/mol. The zero-order valence-corrected chi connectivity index (χ0v) is 13.6. The number of rotatable bonds is 5. The molecule has 1 aromatic carbocycles. The molecule has 0 aromatic heterocycles. The average Bonchev–Trinajstić information content (AvgIpc) is 2.41. The van der Waals surface area contributed by atoms with E-state index in [2.05, 4.69) is 10.3 Å². The highest BCUT2D eigenvalue weighted by Gasteiger charge is 2.13. The van der Waals surface area contributed by atoms with Gasteiger partial charge in [0.25, 0.3) is 0 Å². The second-order valence-electron chi connectivity index (χ2n) is 5.61. The van der Waals surface area contributed by atoms with Crippen LogP contribution in [0.1, 0.15) is 26.3 Å². The maximum atomic E-state index is 5.86. The molecule has 0 bridgehead atoms. The largest absolute Gasteiger partial charge is 0.493 e. The van der Waals surface area contributed by atoms with Crippen LogP contribution in [0.5, 0.6) is 17.2 Å². The predicted molar refractivity (Wildman–Crippen MR) is 84.3 cm³/mol. The van der Waals surface area contributed by atoms with Gasteiger partial charge in [-0.25, -0.2) is 4.99 Å². The SMILES string of the molecule is COc1cc(CN=C(N)NC(C)(C)C)cc(OC)c1OC. The third-order valence-corrected chi connectivity index (χ3v) is 2.66. The molecular formula is C15H25N3O3. The van der Waals surface area contributed by atoms with Crippen LogP contribution in [-0.2, 0) is 6.54 Å². The highest BCUT2D eigenvalue weighted by atomic mass is 16.5. The van der Waals surface area contributed by atoms with Gasteiger partial charge in [-0.3, -0.25) is 0 Å². The van der Waals surface area contributed by atoms with Crippen LogP contribution < -0.4 is 25.3 Å². The summed E-state index contributed by atoms with van der Waals surface area (Å²) in [7, 11) is 4.74. The molecule has 0 amide bonds. The van der Waals surface area contributed by atoms with Gasteiger partial charge in [-0.05, 0) is 38.5 Å². The first-order chi connectivity index (χ1) is 9.80. The number of nitrogens with one attached hydrogen (secondary N) is 1. The van der Waals surface area contributed by atoms with E-state index in [1.54, 1.807) is 21.3 Å². The quantitative estimate of drug-likeness (QED) is 0.641. The fourth-order valence-electron chi connectivity index (χ4n) is 1.83. The van der Waals surface area contributed by atoms with Gasteiger partial charge in [-0.1, -0.05) is 0 Å². The van der Waals surface area contributed by atoms with Gasteiger partial charge >= 0.3 is 0 Å². The van der Waals surface area contributed by atoms with E-state index >= 15 is 0 Å². The number of benzene rings is 1. The number of hydrogen-bond donors (Lipinski definition) is 2. The summed E-state index contributed by atoms with van der Waals surface area (Å²) >= 11 is 0. The molecule has 1 aromatic rings. The van der Waals surface area contributed by atoms with Crippen LogP contribution in [0.3, 0.4) is 0 Å². The van der Waals surface area contributed by atoms with Gasteiger partial charge < -0.3 is 25.3 Å². The van der Waals surface area contributed by atoms with Crippen molar-refractivity contribution < 1.29 is 14.2 Å². The Labute approximate surface area is 126 Å². The molecule has 0 saturated heterocycles. The Kier molecular flexibility index (Phi) is 5.69. The van der Waals surface area contributed by atoms with E-state index in [0.29, 0.717) is 29.8 Å². The number of methoxy groups -OCH3 is 3. The summed E-state index contributed by atoms with van der Waals surface area (Å²) in [6.07, 6.45) is 0. The molecule has 0 aliphatic rings. The molecule has 0 atom stereocenters. The molecule has 0 radical (unpaired) electrons. The Balaban J connectivity index is 2.96. The molecule has 1 rings (SSSR count). The van der Waals surface area contributed by atoms with Crippen LogP contribution in [-0.4, -0.2) is 32.8 Å². The molecule has 0 aliphatic heterocycles. The van der Waals surface area contributed by atoms with Crippen molar-refractivity contribution in [2.24, 2.45) is 10.7 Å². The molecule has 0 heterocycles. The summed E-state index contributed by atoms with van der Waals surface area (Å²) < 4.78 is 15.9. The van der Waals surface area contributed by atoms with Crippen LogP contribution in [0.25, 0.3) is 0 Å². The average molecular weight is 295 g/mol. The second-order valence-corrected chi connectivity index (χ2v) is 5.61. The van der Waals surface area contributed by atoms with Gasteiger partial charge in [-0.2, -0.15) is 0 Å². The van der Waals surface area contributed by atoms with Crippen LogP contribution in [0, 0.1) is 0 Å². The van der Waals surface area contributed by atoms with Crippen LogP contribution in [0.2, 0.25) is 0 Å². The molecule has 21 heavy (non-hydrogen) atoms. The Hall–Kier alpha value is -2.11. The highest BCUT2D eigenvalue weighted by Crippen LogP contribution is 2.38. The van der Waals surface area contributed by atoms with Crippen molar-refractivity contribution in [1.82, 2.24) is 5.32 Å². The summed E-state index contributed by atoms with van der Waals surface area (Å²) in [6, 6.07) is 3.71. The van der Waals surface area contributed by atoms with Gasteiger partial charge in [-0.15, -0.1) is 0 Å². The lowest BCUT2D eigenvalue weighted by Gasteiger charge is -2.21. The zero-order chi connectivity index (χ0) is 16.0. The first-order valence-corrected chi connectivity index (χ1v) is 6.67. The Bertz CT molecular complexity index is 482. The van der Waals surface area contributed by atoms with Crippen molar-refractivity contribution in [3.63, 3.8) is 0 Å². The zero-order valence-electron chi connectivity index (χ0n) is 13.6. The second kappa shape index (κ2) is 7.06. The van der Waals surface area contributed by atoms with Crippen molar-refractivity contribution in [1.29, 1.82) is 0 Å². The number of hydrogen-bond acceptors (Lipinski definition) is 4. The third kappa shape index (κ3) is 5.06. The summed E-state index contributed by atoms with van der Waals surface area (Å²) in [4.78, 5) is 4.32. The van der Waals surface area contributed by atoms with Crippen molar-refractivity contribution >= 4 is 5.96 Å². The predicted octanol–water partition coefficient (Wildman–Crippen LogP) is 1.92. The molecule has 6 heteroatoms. The van der Waals surface area contributed by atoms with Crippen molar-refractivity contribution in [3.05, 3.63) is 17.7 Å². The standard InChI is InChI=1S/C15H25N3O3/c1-15(2,3)18-14(16)17-9-10-7-11(19-4)13(21-6)12(8-10)20-5/h7-8H,9H2,1-6H3,(H3,16,17,18). The molecule has 0 fully saturated rings.